The van der Waals surface area contributed by atoms with Crippen molar-refractivity contribution in [1.82, 2.24) is 4.90 Å². The number of rotatable bonds is 4. The molecule has 0 aromatic heterocycles. The second-order valence-electron chi connectivity index (χ2n) is 7.35. The standard InChI is InChI=1S/C19H24FNO3/c20-17-9-8-15(19(22)23)16-10-14(11-24-18(16)17)21(13-6-3-7-13)12-4-1-2-5-12/h8-9,12-14H,1-7,10-11H2,(H,22,23)/t14-/m1/s1. The number of hydrogen-bond acceptors (Lipinski definition) is 3. The fraction of sp³-hybridized carbons (Fsp3) is 0.632. The van der Waals surface area contributed by atoms with Crippen LogP contribution in [0.25, 0.3) is 0 Å². The molecule has 3 aliphatic rings. The van der Waals surface area contributed by atoms with Crippen LogP contribution in [0.1, 0.15) is 60.9 Å². The van der Waals surface area contributed by atoms with Gasteiger partial charge in [0.05, 0.1) is 5.56 Å². The number of carboxylic acid groups (broad SMARTS) is 1. The van der Waals surface area contributed by atoms with Gasteiger partial charge >= 0.3 is 5.97 Å². The first kappa shape index (κ1) is 15.9. The maximum Gasteiger partial charge on any atom is 0.336 e. The minimum absolute atomic E-state index is 0.145. The number of carbonyl (C=O) groups is 1. The molecule has 2 saturated carbocycles. The van der Waals surface area contributed by atoms with Crippen molar-refractivity contribution in [2.45, 2.75) is 69.5 Å². The number of halogens is 1. The summed E-state index contributed by atoms with van der Waals surface area (Å²) in [6.45, 7) is 0.458. The smallest absolute Gasteiger partial charge is 0.336 e. The van der Waals surface area contributed by atoms with Crippen LogP contribution in [0.2, 0.25) is 0 Å². The molecule has 130 valence electrons. The van der Waals surface area contributed by atoms with Crippen LogP contribution in [0.3, 0.4) is 0 Å². The highest BCUT2D eigenvalue weighted by Crippen LogP contribution is 2.39. The Kier molecular flexibility index (Phi) is 4.21. The molecule has 1 N–H and O–H groups in total. The van der Waals surface area contributed by atoms with Crippen molar-refractivity contribution in [3.05, 3.63) is 29.1 Å². The summed E-state index contributed by atoms with van der Waals surface area (Å²) in [5.41, 5.74) is 0.706. The summed E-state index contributed by atoms with van der Waals surface area (Å²) in [6.07, 6.45) is 9.25. The lowest BCUT2D eigenvalue weighted by atomic mass is 9.86. The van der Waals surface area contributed by atoms with Crippen molar-refractivity contribution in [2.24, 2.45) is 0 Å². The Hall–Kier alpha value is -1.62. The number of benzene rings is 1. The molecule has 0 radical (unpaired) electrons. The number of nitrogens with zero attached hydrogens (tertiary/aromatic N) is 1. The monoisotopic (exact) mass is 333 g/mol. The molecule has 4 nitrogen and oxygen atoms in total. The van der Waals surface area contributed by atoms with E-state index < -0.39 is 11.8 Å². The molecule has 1 aromatic carbocycles. The zero-order valence-corrected chi connectivity index (χ0v) is 13.8. The number of fused-ring (bicyclic) bond motifs is 1. The molecule has 4 rings (SSSR count). The average molecular weight is 333 g/mol. The first-order valence-corrected chi connectivity index (χ1v) is 9.10. The lowest BCUT2D eigenvalue weighted by Crippen LogP contribution is -2.55. The fourth-order valence-corrected chi connectivity index (χ4v) is 4.61. The molecule has 2 fully saturated rings. The second kappa shape index (κ2) is 6.36. The number of aromatic carboxylic acids is 1. The average Bonchev–Trinajstić information content (AvgIpc) is 3.04. The molecule has 0 amide bonds. The summed E-state index contributed by atoms with van der Waals surface area (Å²) >= 11 is 0. The van der Waals surface area contributed by atoms with Gasteiger partial charge in [0.15, 0.2) is 11.6 Å². The van der Waals surface area contributed by atoms with Crippen molar-refractivity contribution < 1.29 is 19.0 Å². The Labute approximate surface area is 141 Å². The highest BCUT2D eigenvalue weighted by atomic mass is 19.1. The zero-order chi connectivity index (χ0) is 16.7. The minimum Gasteiger partial charge on any atom is -0.489 e. The lowest BCUT2D eigenvalue weighted by molar-refractivity contribution is 0.00894. The van der Waals surface area contributed by atoms with E-state index in [9.17, 15) is 14.3 Å². The van der Waals surface area contributed by atoms with Crippen molar-refractivity contribution in [2.75, 3.05) is 6.61 Å². The third-order valence-electron chi connectivity index (χ3n) is 5.97. The van der Waals surface area contributed by atoms with Crippen LogP contribution < -0.4 is 4.74 Å². The van der Waals surface area contributed by atoms with Gasteiger partial charge in [-0.2, -0.15) is 0 Å². The van der Waals surface area contributed by atoms with E-state index in [1.165, 1.54) is 57.1 Å². The maximum atomic E-state index is 14.0. The van der Waals surface area contributed by atoms with Gasteiger partial charge in [-0.1, -0.05) is 19.3 Å². The van der Waals surface area contributed by atoms with Crippen LogP contribution in [-0.2, 0) is 6.42 Å². The van der Waals surface area contributed by atoms with Crippen molar-refractivity contribution in [3.8, 4) is 5.75 Å². The van der Waals surface area contributed by atoms with Crippen LogP contribution in [0.4, 0.5) is 4.39 Å². The third-order valence-corrected chi connectivity index (χ3v) is 5.97. The van der Waals surface area contributed by atoms with E-state index in [2.05, 4.69) is 4.90 Å². The van der Waals surface area contributed by atoms with Gasteiger partial charge < -0.3 is 9.84 Å². The van der Waals surface area contributed by atoms with Gasteiger partial charge in [-0.3, -0.25) is 4.90 Å². The first-order chi connectivity index (χ1) is 11.6. The summed E-state index contributed by atoms with van der Waals surface area (Å²) in [4.78, 5) is 14.1. The Morgan fingerprint density at radius 2 is 1.75 bits per heavy atom. The molecular formula is C19H24FNO3. The van der Waals surface area contributed by atoms with E-state index >= 15 is 0 Å². The van der Waals surface area contributed by atoms with E-state index in [0.717, 1.165) is 0 Å². The van der Waals surface area contributed by atoms with Gasteiger partial charge in [-0.15, -0.1) is 0 Å². The zero-order valence-electron chi connectivity index (χ0n) is 13.8. The van der Waals surface area contributed by atoms with Crippen LogP contribution in [0.5, 0.6) is 5.75 Å². The molecule has 1 atom stereocenters. The molecule has 0 spiro atoms. The Bertz CT molecular complexity index is 638. The molecule has 0 bridgehead atoms. The predicted octanol–water partition coefficient (Wildman–Crippen LogP) is 3.62. The van der Waals surface area contributed by atoms with Crippen LogP contribution in [0, 0.1) is 5.82 Å². The fourth-order valence-electron chi connectivity index (χ4n) is 4.61. The minimum atomic E-state index is -1.01. The molecule has 24 heavy (non-hydrogen) atoms. The Balaban J connectivity index is 1.64. The quantitative estimate of drug-likeness (QED) is 0.914. The molecule has 0 unspecified atom stereocenters. The Morgan fingerprint density at radius 1 is 1.08 bits per heavy atom. The van der Waals surface area contributed by atoms with E-state index in [0.29, 0.717) is 30.7 Å². The van der Waals surface area contributed by atoms with Crippen LogP contribution in [0.15, 0.2) is 12.1 Å². The molecular weight excluding hydrogens is 309 g/mol. The highest BCUT2D eigenvalue weighted by molar-refractivity contribution is 5.90. The van der Waals surface area contributed by atoms with Gasteiger partial charge in [0.1, 0.15) is 6.61 Å². The molecule has 1 aromatic rings. The second-order valence-corrected chi connectivity index (χ2v) is 7.35. The lowest BCUT2D eigenvalue weighted by Gasteiger charge is -2.47. The molecule has 1 aliphatic heterocycles. The summed E-state index contributed by atoms with van der Waals surface area (Å²) in [5, 5.41) is 9.44. The van der Waals surface area contributed by atoms with Gasteiger partial charge in [0, 0.05) is 23.7 Å². The topological polar surface area (TPSA) is 49.8 Å². The summed E-state index contributed by atoms with van der Waals surface area (Å²) in [6, 6.07) is 3.89. The van der Waals surface area contributed by atoms with E-state index in [1.54, 1.807) is 0 Å². The molecule has 1 heterocycles. The summed E-state index contributed by atoms with van der Waals surface area (Å²) < 4.78 is 19.8. The predicted molar refractivity (Wildman–Crippen MR) is 88.1 cm³/mol. The Morgan fingerprint density at radius 3 is 2.33 bits per heavy atom. The van der Waals surface area contributed by atoms with Gasteiger partial charge in [0.2, 0.25) is 0 Å². The molecule has 5 heteroatoms. The third kappa shape index (κ3) is 2.69. The number of carboxylic acids is 1. The summed E-state index contributed by atoms with van der Waals surface area (Å²) in [7, 11) is 0. The summed E-state index contributed by atoms with van der Waals surface area (Å²) in [5.74, 6) is -1.32. The van der Waals surface area contributed by atoms with Gasteiger partial charge in [-0.25, -0.2) is 9.18 Å². The maximum absolute atomic E-state index is 14.0. The first-order valence-electron chi connectivity index (χ1n) is 9.10. The van der Waals surface area contributed by atoms with Crippen LogP contribution in [-0.4, -0.2) is 40.7 Å². The molecule has 2 aliphatic carbocycles. The van der Waals surface area contributed by atoms with Crippen molar-refractivity contribution >= 4 is 5.97 Å². The highest BCUT2D eigenvalue weighted by Gasteiger charge is 2.39. The van der Waals surface area contributed by atoms with E-state index in [1.807, 2.05) is 0 Å². The van der Waals surface area contributed by atoms with Crippen molar-refractivity contribution in [3.63, 3.8) is 0 Å². The van der Waals surface area contributed by atoms with E-state index in [4.69, 9.17) is 4.74 Å². The molecule has 0 saturated heterocycles. The number of hydrogen-bond donors (Lipinski definition) is 1. The van der Waals surface area contributed by atoms with E-state index in [-0.39, 0.29) is 17.4 Å². The number of ether oxygens (including phenoxy) is 1. The largest absolute Gasteiger partial charge is 0.489 e. The van der Waals surface area contributed by atoms with Crippen LogP contribution >= 0.6 is 0 Å². The van der Waals surface area contributed by atoms with Gasteiger partial charge in [0.25, 0.3) is 0 Å². The van der Waals surface area contributed by atoms with Gasteiger partial charge in [-0.05, 0) is 44.2 Å². The SMILES string of the molecule is O=C(O)c1ccc(F)c2c1C[C@@H](N(C1CCCC1)C1CCC1)CO2. The van der Waals surface area contributed by atoms with Crippen molar-refractivity contribution in [1.29, 1.82) is 0 Å². The normalized spacial score (nSPS) is 24.5.